The van der Waals surface area contributed by atoms with Crippen molar-refractivity contribution >= 4 is 17.5 Å². The van der Waals surface area contributed by atoms with Crippen LogP contribution < -0.4 is 10.2 Å². The Morgan fingerprint density at radius 2 is 1.48 bits per heavy atom. The number of likely N-dealkylation sites (tertiary alicyclic amines) is 1. The first-order valence-corrected chi connectivity index (χ1v) is 10.9. The largest absolute Gasteiger partial charge is 0.508 e. The van der Waals surface area contributed by atoms with Crippen molar-refractivity contribution < 1.29 is 19.1 Å². The minimum atomic E-state index is -0.237. The number of aromatic hydroxyl groups is 1. The van der Waals surface area contributed by atoms with Crippen molar-refractivity contribution in [1.82, 2.24) is 10.2 Å². The molecule has 2 aromatic carbocycles. The first-order chi connectivity index (χ1) is 15.0. The van der Waals surface area contributed by atoms with Crippen molar-refractivity contribution in [2.24, 2.45) is 5.92 Å². The van der Waals surface area contributed by atoms with Crippen LogP contribution in [0.2, 0.25) is 0 Å². The van der Waals surface area contributed by atoms with Crippen LogP contribution in [-0.2, 0) is 0 Å². The Morgan fingerprint density at radius 1 is 0.871 bits per heavy atom. The van der Waals surface area contributed by atoms with Crippen molar-refractivity contribution in [3.63, 3.8) is 0 Å². The molecule has 6 nitrogen and oxygen atoms in total. The number of rotatable bonds is 4. The van der Waals surface area contributed by atoms with Gasteiger partial charge < -0.3 is 20.2 Å². The third kappa shape index (κ3) is 5.16. The van der Waals surface area contributed by atoms with Gasteiger partial charge in [-0.1, -0.05) is 0 Å². The van der Waals surface area contributed by atoms with Gasteiger partial charge in [0.25, 0.3) is 0 Å². The SMILES string of the molecule is O=C(c1ccc(O)cc1)C1CCN(C(=O)NC2CCN(c3ccc(F)cc3)CC2)CC1. The van der Waals surface area contributed by atoms with E-state index in [1.54, 1.807) is 29.2 Å². The number of Topliss-reactive ketones (excluding diaryl/α,β-unsaturated/α-hetero) is 1. The lowest BCUT2D eigenvalue weighted by Gasteiger charge is -2.36. The molecule has 0 aliphatic carbocycles. The molecular weight excluding hydrogens is 397 g/mol. The summed E-state index contributed by atoms with van der Waals surface area (Å²) in [6, 6.07) is 12.9. The van der Waals surface area contributed by atoms with Crippen LogP contribution >= 0.6 is 0 Å². The van der Waals surface area contributed by atoms with Gasteiger partial charge in [0.1, 0.15) is 11.6 Å². The Hall–Kier alpha value is -3.09. The maximum absolute atomic E-state index is 13.1. The molecule has 0 spiro atoms. The molecule has 2 saturated heterocycles. The summed E-state index contributed by atoms with van der Waals surface area (Å²) in [7, 11) is 0. The molecular formula is C24H28FN3O3. The number of amides is 2. The fraction of sp³-hybridized carbons (Fsp3) is 0.417. The van der Waals surface area contributed by atoms with Gasteiger partial charge in [0.15, 0.2) is 5.78 Å². The van der Waals surface area contributed by atoms with Crippen LogP contribution in [0.25, 0.3) is 0 Å². The summed E-state index contributed by atoms with van der Waals surface area (Å²) in [5, 5.41) is 12.5. The van der Waals surface area contributed by atoms with E-state index >= 15 is 0 Å². The molecule has 2 amide bonds. The Morgan fingerprint density at radius 3 is 2.10 bits per heavy atom. The molecule has 2 aliphatic rings. The first-order valence-electron chi connectivity index (χ1n) is 10.9. The lowest BCUT2D eigenvalue weighted by molar-refractivity contribution is 0.0853. The Labute approximate surface area is 181 Å². The second-order valence-electron chi connectivity index (χ2n) is 8.36. The molecule has 4 rings (SSSR count). The van der Waals surface area contributed by atoms with Gasteiger partial charge in [0, 0.05) is 49.4 Å². The molecule has 2 aliphatic heterocycles. The number of urea groups is 1. The highest BCUT2D eigenvalue weighted by atomic mass is 19.1. The number of piperidine rings is 2. The summed E-state index contributed by atoms with van der Waals surface area (Å²) in [5.74, 6) is -0.105. The van der Waals surface area contributed by atoms with E-state index in [0.717, 1.165) is 31.6 Å². The molecule has 2 N–H and O–H groups in total. The van der Waals surface area contributed by atoms with E-state index in [2.05, 4.69) is 10.2 Å². The summed E-state index contributed by atoms with van der Waals surface area (Å²) >= 11 is 0. The van der Waals surface area contributed by atoms with Crippen LogP contribution in [0, 0.1) is 11.7 Å². The average Bonchev–Trinajstić information content (AvgIpc) is 2.80. The number of halogens is 1. The second kappa shape index (κ2) is 9.37. The first kappa shape index (κ1) is 21.2. The third-order valence-corrected chi connectivity index (χ3v) is 6.32. The molecule has 31 heavy (non-hydrogen) atoms. The topological polar surface area (TPSA) is 72.9 Å². The summed E-state index contributed by atoms with van der Waals surface area (Å²) in [5.41, 5.74) is 1.61. The number of nitrogens with one attached hydrogen (secondary N) is 1. The van der Waals surface area contributed by atoms with Crippen LogP contribution in [0.1, 0.15) is 36.0 Å². The number of anilines is 1. The summed E-state index contributed by atoms with van der Waals surface area (Å²) in [6.07, 6.45) is 2.99. The molecule has 0 radical (unpaired) electrons. The smallest absolute Gasteiger partial charge is 0.317 e. The van der Waals surface area contributed by atoms with Gasteiger partial charge in [0.05, 0.1) is 0 Å². The number of nitrogens with zero attached hydrogens (tertiary/aromatic N) is 2. The number of carbonyl (C=O) groups is 2. The number of hydrogen-bond acceptors (Lipinski definition) is 4. The fourth-order valence-electron chi connectivity index (χ4n) is 4.41. The molecule has 2 fully saturated rings. The quantitative estimate of drug-likeness (QED) is 0.731. The molecule has 0 atom stereocenters. The standard InChI is InChI=1S/C24H28FN3O3/c25-19-3-5-21(6-4-19)27-15-11-20(12-16-27)26-24(31)28-13-9-18(10-14-28)23(30)17-1-7-22(29)8-2-17/h1-8,18,20,29H,9-16H2,(H,26,31). The maximum atomic E-state index is 13.1. The predicted molar refractivity (Wildman–Crippen MR) is 117 cm³/mol. The van der Waals surface area contributed by atoms with Crippen LogP contribution in [0.3, 0.4) is 0 Å². The van der Waals surface area contributed by atoms with Crippen molar-refractivity contribution in [2.45, 2.75) is 31.7 Å². The molecule has 0 aromatic heterocycles. The van der Waals surface area contributed by atoms with Crippen molar-refractivity contribution in [3.8, 4) is 5.75 Å². The predicted octanol–water partition coefficient (Wildman–Crippen LogP) is 3.80. The van der Waals surface area contributed by atoms with E-state index in [1.807, 2.05) is 0 Å². The zero-order valence-electron chi connectivity index (χ0n) is 17.5. The van der Waals surface area contributed by atoms with Gasteiger partial charge in [-0.3, -0.25) is 4.79 Å². The lowest BCUT2D eigenvalue weighted by Crippen LogP contribution is -2.51. The zero-order chi connectivity index (χ0) is 21.8. The number of hydrogen-bond donors (Lipinski definition) is 2. The number of phenols is 1. The number of benzene rings is 2. The molecule has 0 unspecified atom stereocenters. The molecule has 0 bridgehead atoms. The van der Waals surface area contributed by atoms with E-state index in [-0.39, 0.29) is 35.3 Å². The summed E-state index contributed by atoms with van der Waals surface area (Å²) in [6.45, 7) is 2.77. The van der Waals surface area contributed by atoms with Crippen LogP contribution in [-0.4, -0.2) is 54.0 Å². The average molecular weight is 426 g/mol. The molecule has 2 aromatic rings. The van der Waals surface area contributed by atoms with E-state index < -0.39 is 0 Å². The highest BCUT2D eigenvalue weighted by molar-refractivity contribution is 5.98. The highest BCUT2D eigenvalue weighted by Gasteiger charge is 2.29. The van der Waals surface area contributed by atoms with Gasteiger partial charge >= 0.3 is 6.03 Å². The van der Waals surface area contributed by atoms with E-state index in [0.29, 0.717) is 31.5 Å². The minimum absolute atomic E-state index is 0.0595. The monoisotopic (exact) mass is 425 g/mol. The third-order valence-electron chi connectivity index (χ3n) is 6.32. The summed E-state index contributed by atoms with van der Waals surface area (Å²) < 4.78 is 13.1. The van der Waals surface area contributed by atoms with Gasteiger partial charge in [-0.05, 0) is 74.2 Å². The zero-order valence-corrected chi connectivity index (χ0v) is 17.5. The molecule has 2 heterocycles. The van der Waals surface area contributed by atoms with Gasteiger partial charge in [0.2, 0.25) is 0 Å². The van der Waals surface area contributed by atoms with Crippen molar-refractivity contribution in [3.05, 3.63) is 59.9 Å². The van der Waals surface area contributed by atoms with E-state index in [1.165, 1.54) is 24.3 Å². The lowest BCUT2D eigenvalue weighted by atomic mass is 9.89. The number of phenolic OH excluding ortho intramolecular Hbond substituents is 1. The Bertz CT molecular complexity index is 901. The second-order valence-corrected chi connectivity index (χ2v) is 8.36. The van der Waals surface area contributed by atoms with E-state index in [4.69, 9.17) is 0 Å². The minimum Gasteiger partial charge on any atom is -0.508 e. The summed E-state index contributed by atoms with van der Waals surface area (Å²) in [4.78, 5) is 29.3. The Balaban J connectivity index is 1.22. The van der Waals surface area contributed by atoms with Gasteiger partial charge in [-0.15, -0.1) is 0 Å². The van der Waals surface area contributed by atoms with E-state index in [9.17, 15) is 19.1 Å². The van der Waals surface area contributed by atoms with Crippen molar-refractivity contribution in [2.75, 3.05) is 31.1 Å². The number of ketones is 1. The van der Waals surface area contributed by atoms with Crippen molar-refractivity contribution in [1.29, 1.82) is 0 Å². The molecule has 0 saturated carbocycles. The molecule has 164 valence electrons. The van der Waals surface area contributed by atoms with Crippen LogP contribution in [0.5, 0.6) is 5.75 Å². The fourth-order valence-corrected chi connectivity index (χ4v) is 4.41. The van der Waals surface area contributed by atoms with Gasteiger partial charge in [-0.25, -0.2) is 9.18 Å². The van der Waals surface area contributed by atoms with Crippen LogP contribution in [0.4, 0.5) is 14.9 Å². The number of carbonyl (C=O) groups excluding carboxylic acids is 2. The Kier molecular flexibility index (Phi) is 6.39. The highest BCUT2D eigenvalue weighted by Crippen LogP contribution is 2.24. The normalized spacial score (nSPS) is 18.1. The van der Waals surface area contributed by atoms with Crippen LogP contribution in [0.15, 0.2) is 48.5 Å². The van der Waals surface area contributed by atoms with Gasteiger partial charge in [-0.2, -0.15) is 0 Å². The maximum Gasteiger partial charge on any atom is 0.317 e. The molecule has 7 heteroatoms.